The summed E-state index contributed by atoms with van der Waals surface area (Å²) in [5.74, 6) is 2.48. The molecule has 3 nitrogen and oxygen atoms in total. The van der Waals surface area contributed by atoms with Gasteiger partial charge in [-0.1, -0.05) is 6.92 Å². The Kier molecular flexibility index (Phi) is 2.02. The number of aromatic nitrogens is 2. The number of nitrogen functional groups attached to an aromatic ring is 1. The van der Waals surface area contributed by atoms with Crippen molar-refractivity contribution in [1.82, 2.24) is 9.78 Å². The standard InChI is InChI=1S/C10H17N3/c1-7(8-3-4-8)5-9-6-10(11)13(2)12-9/h6-8H,3-5,11H2,1-2H3. The Morgan fingerprint density at radius 1 is 1.69 bits per heavy atom. The van der Waals surface area contributed by atoms with Crippen molar-refractivity contribution in [2.45, 2.75) is 26.2 Å². The van der Waals surface area contributed by atoms with Gasteiger partial charge in [-0.2, -0.15) is 5.10 Å². The summed E-state index contributed by atoms with van der Waals surface area (Å²) < 4.78 is 1.74. The summed E-state index contributed by atoms with van der Waals surface area (Å²) in [5, 5.41) is 4.35. The highest BCUT2D eigenvalue weighted by Gasteiger charge is 2.28. The highest BCUT2D eigenvalue weighted by molar-refractivity contribution is 5.30. The minimum atomic E-state index is 0.762. The number of nitrogens with two attached hydrogens (primary N) is 1. The second-order valence-corrected chi connectivity index (χ2v) is 4.20. The number of anilines is 1. The lowest BCUT2D eigenvalue weighted by Crippen LogP contribution is -2.03. The van der Waals surface area contributed by atoms with Gasteiger partial charge in [-0.05, 0) is 31.1 Å². The molecule has 1 atom stereocenters. The Morgan fingerprint density at radius 3 is 2.85 bits per heavy atom. The fourth-order valence-electron chi connectivity index (χ4n) is 1.80. The van der Waals surface area contributed by atoms with Crippen LogP contribution in [-0.2, 0) is 13.5 Å². The second kappa shape index (κ2) is 3.05. The molecule has 72 valence electrons. The van der Waals surface area contributed by atoms with E-state index in [4.69, 9.17) is 5.73 Å². The second-order valence-electron chi connectivity index (χ2n) is 4.20. The van der Waals surface area contributed by atoms with Gasteiger partial charge in [0.05, 0.1) is 5.69 Å². The molecule has 0 spiro atoms. The van der Waals surface area contributed by atoms with Crippen molar-refractivity contribution in [2.75, 3.05) is 5.73 Å². The predicted octanol–water partition coefficient (Wildman–Crippen LogP) is 1.59. The molecule has 1 aromatic heterocycles. The highest BCUT2D eigenvalue weighted by atomic mass is 15.3. The summed E-state index contributed by atoms with van der Waals surface area (Å²) in [6, 6.07) is 1.98. The van der Waals surface area contributed by atoms with Crippen molar-refractivity contribution < 1.29 is 0 Å². The minimum absolute atomic E-state index is 0.762. The molecule has 13 heavy (non-hydrogen) atoms. The van der Waals surface area contributed by atoms with Crippen molar-refractivity contribution in [3.8, 4) is 0 Å². The van der Waals surface area contributed by atoms with Crippen molar-refractivity contribution >= 4 is 5.82 Å². The maximum Gasteiger partial charge on any atom is 0.121 e. The molecule has 0 aliphatic heterocycles. The molecule has 2 N–H and O–H groups in total. The Balaban J connectivity index is 2.00. The number of hydrogen-bond acceptors (Lipinski definition) is 2. The Bertz CT molecular complexity index is 280. The maximum atomic E-state index is 5.71. The van der Waals surface area contributed by atoms with Crippen LogP contribution in [-0.4, -0.2) is 9.78 Å². The maximum absolute atomic E-state index is 5.71. The summed E-state index contributed by atoms with van der Waals surface area (Å²) in [5.41, 5.74) is 6.85. The van der Waals surface area contributed by atoms with E-state index in [2.05, 4.69) is 12.0 Å². The monoisotopic (exact) mass is 179 g/mol. The van der Waals surface area contributed by atoms with Crippen molar-refractivity contribution in [1.29, 1.82) is 0 Å². The van der Waals surface area contributed by atoms with Gasteiger partial charge in [0.15, 0.2) is 0 Å². The van der Waals surface area contributed by atoms with Gasteiger partial charge >= 0.3 is 0 Å². The first-order valence-corrected chi connectivity index (χ1v) is 4.95. The van der Waals surface area contributed by atoms with Gasteiger partial charge in [-0.15, -0.1) is 0 Å². The molecule has 1 aliphatic rings. The molecule has 0 bridgehead atoms. The normalized spacial score (nSPS) is 18.9. The molecule has 1 heterocycles. The van der Waals surface area contributed by atoms with Crippen LogP contribution in [0.1, 0.15) is 25.5 Å². The molecule has 3 heteroatoms. The van der Waals surface area contributed by atoms with E-state index in [0.717, 1.165) is 29.8 Å². The van der Waals surface area contributed by atoms with Crippen LogP contribution in [0.3, 0.4) is 0 Å². The van der Waals surface area contributed by atoms with Gasteiger partial charge in [0.2, 0.25) is 0 Å². The van der Waals surface area contributed by atoms with Gasteiger partial charge in [0.25, 0.3) is 0 Å². The van der Waals surface area contributed by atoms with Crippen molar-refractivity contribution in [3.63, 3.8) is 0 Å². The zero-order valence-electron chi connectivity index (χ0n) is 8.33. The third-order valence-electron chi connectivity index (χ3n) is 2.92. The van der Waals surface area contributed by atoms with Crippen LogP contribution in [0.15, 0.2) is 6.07 Å². The zero-order chi connectivity index (χ0) is 9.42. The van der Waals surface area contributed by atoms with Crippen LogP contribution in [0.5, 0.6) is 0 Å². The van der Waals surface area contributed by atoms with E-state index in [1.807, 2.05) is 13.1 Å². The number of nitrogens with zero attached hydrogens (tertiary/aromatic N) is 2. The molecule has 0 radical (unpaired) electrons. The van der Waals surface area contributed by atoms with Gasteiger partial charge in [0.1, 0.15) is 5.82 Å². The van der Waals surface area contributed by atoms with Crippen LogP contribution in [0.2, 0.25) is 0 Å². The summed E-state index contributed by atoms with van der Waals surface area (Å²) in [6.07, 6.45) is 3.89. The fraction of sp³-hybridized carbons (Fsp3) is 0.700. The molecule has 0 amide bonds. The average molecular weight is 179 g/mol. The van der Waals surface area contributed by atoms with Crippen LogP contribution in [0.25, 0.3) is 0 Å². The first-order valence-electron chi connectivity index (χ1n) is 4.95. The van der Waals surface area contributed by atoms with E-state index < -0.39 is 0 Å². The largest absolute Gasteiger partial charge is 0.384 e. The van der Waals surface area contributed by atoms with E-state index in [9.17, 15) is 0 Å². The molecular weight excluding hydrogens is 162 g/mol. The van der Waals surface area contributed by atoms with Crippen molar-refractivity contribution in [2.24, 2.45) is 18.9 Å². The molecule has 0 saturated heterocycles. The number of aryl methyl sites for hydroxylation is 1. The first-order chi connectivity index (χ1) is 6.16. The third-order valence-corrected chi connectivity index (χ3v) is 2.92. The predicted molar refractivity (Wildman–Crippen MR) is 53.2 cm³/mol. The van der Waals surface area contributed by atoms with Crippen LogP contribution < -0.4 is 5.73 Å². The van der Waals surface area contributed by atoms with Crippen LogP contribution in [0.4, 0.5) is 5.82 Å². The molecule has 1 aliphatic carbocycles. The molecule has 1 aromatic rings. The minimum Gasteiger partial charge on any atom is -0.384 e. The average Bonchev–Trinajstić information content (AvgIpc) is 2.81. The van der Waals surface area contributed by atoms with Gasteiger partial charge in [-0.3, -0.25) is 4.68 Å². The molecular formula is C10H17N3. The number of hydrogen-bond donors (Lipinski definition) is 1. The molecule has 1 saturated carbocycles. The summed E-state index contributed by atoms with van der Waals surface area (Å²) in [4.78, 5) is 0. The molecule has 1 fully saturated rings. The molecule has 0 aromatic carbocycles. The van der Waals surface area contributed by atoms with E-state index in [1.165, 1.54) is 12.8 Å². The quantitative estimate of drug-likeness (QED) is 0.765. The van der Waals surface area contributed by atoms with Crippen LogP contribution >= 0.6 is 0 Å². The van der Waals surface area contributed by atoms with Gasteiger partial charge < -0.3 is 5.73 Å². The summed E-state index contributed by atoms with van der Waals surface area (Å²) >= 11 is 0. The Labute approximate surface area is 78.9 Å². The Morgan fingerprint density at radius 2 is 2.38 bits per heavy atom. The van der Waals surface area contributed by atoms with Crippen LogP contribution in [0, 0.1) is 11.8 Å². The highest BCUT2D eigenvalue weighted by Crippen LogP contribution is 2.37. The van der Waals surface area contributed by atoms with E-state index >= 15 is 0 Å². The fourth-order valence-corrected chi connectivity index (χ4v) is 1.80. The Hall–Kier alpha value is -0.990. The van der Waals surface area contributed by atoms with Gasteiger partial charge in [0, 0.05) is 13.1 Å². The third kappa shape index (κ3) is 1.85. The van der Waals surface area contributed by atoms with E-state index in [-0.39, 0.29) is 0 Å². The topological polar surface area (TPSA) is 43.8 Å². The molecule has 2 rings (SSSR count). The van der Waals surface area contributed by atoms with E-state index in [1.54, 1.807) is 4.68 Å². The zero-order valence-corrected chi connectivity index (χ0v) is 8.33. The number of rotatable bonds is 3. The summed E-state index contributed by atoms with van der Waals surface area (Å²) in [7, 11) is 1.89. The molecule has 1 unspecified atom stereocenters. The lowest BCUT2D eigenvalue weighted by molar-refractivity contribution is 0.497. The smallest absolute Gasteiger partial charge is 0.121 e. The van der Waals surface area contributed by atoms with E-state index in [0.29, 0.717) is 0 Å². The lowest BCUT2D eigenvalue weighted by Gasteiger charge is -2.05. The SMILES string of the molecule is CC(Cc1cc(N)n(C)n1)C1CC1. The first kappa shape index (κ1) is 8.60. The van der Waals surface area contributed by atoms with Crippen molar-refractivity contribution in [3.05, 3.63) is 11.8 Å². The summed E-state index contributed by atoms with van der Waals surface area (Å²) in [6.45, 7) is 2.31. The lowest BCUT2D eigenvalue weighted by atomic mass is 10.0. The van der Waals surface area contributed by atoms with Gasteiger partial charge in [-0.25, -0.2) is 0 Å².